The average Bonchev–Trinajstić information content (AvgIpc) is 2.41. The lowest BCUT2D eigenvalue weighted by molar-refractivity contribution is 0.236. The molecule has 0 radical (unpaired) electrons. The molecule has 0 atom stereocenters. The molecule has 1 aliphatic rings. The highest BCUT2D eigenvalue weighted by Gasteiger charge is 2.20. The first-order valence-electron chi connectivity index (χ1n) is 7.93. The summed E-state index contributed by atoms with van der Waals surface area (Å²) in [6, 6.07) is 6.30. The highest BCUT2D eigenvalue weighted by Crippen LogP contribution is 2.31. The van der Waals surface area contributed by atoms with Gasteiger partial charge in [-0.15, -0.1) is 0 Å². The fourth-order valence-corrected chi connectivity index (χ4v) is 2.93. The molecule has 0 heterocycles. The average molecular weight is 307 g/mol. The van der Waals surface area contributed by atoms with Gasteiger partial charge in [-0.3, -0.25) is 5.01 Å². The zero-order chi connectivity index (χ0) is 15.4. The Kier molecular flexibility index (Phi) is 5.72. The molecule has 3 heteroatoms. The third-order valence-electron chi connectivity index (χ3n) is 4.58. The van der Waals surface area contributed by atoms with E-state index in [1.807, 2.05) is 6.92 Å². The van der Waals surface area contributed by atoms with E-state index >= 15 is 0 Å². The quantitative estimate of drug-likeness (QED) is 0.648. The van der Waals surface area contributed by atoms with Crippen LogP contribution in [-0.2, 0) is 0 Å². The predicted octanol–water partition coefficient (Wildman–Crippen LogP) is 5.42. The van der Waals surface area contributed by atoms with Crippen molar-refractivity contribution in [3.05, 3.63) is 40.6 Å². The standard InChI is InChI=1S/C18H27ClN2/c1-5-15(3)21(17-10-9-14(2)18(19)13-17)20(4)12-11-16-7-6-8-16/h5,9-10,13,16H,6-8,11-12H2,1-4H3/b15-5-. The second-order valence-electron chi connectivity index (χ2n) is 6.14. The Labute approximate surface area is 134 Å². The lowest BCUT2D eigenvalue weighted by atomic mass is 9.83. The minimum atomic E-state index is 0.828. The lowest BCUT2D eigenvalue weighted by Gasteiger charge is -2.36. The molecule has 0 unspecified atom stereocenters. The summed E-state index contributed by atoms with van der Waals surface area (Å²) in [6.07, 6.45) is 7.66. The number of anilines is 1. The van der Waals surface area contributed by atoms with Gasteiger partial charge in [0, 0.05) is 24.3 Å². The first kappa shape index (κ1) is 16.4. The molecule has 0 aromatic heterocycles. The fraction of sp³-hybridized carbons (Fsp3) is 0.556. The Balaban J connectivity index is 2.14. The smallest absolute Gasteiger partial charge is 0.0591 e. The third-order valence-corrected chi connectivity index (χ3v) is 4.99. The van der Waals surface area contributed by atoms with Crippen LogP contribution in [0.25, 0.3) is 0 Å². The second kappa shape index (κ2) is 7.33. The number of benzene rings is 1. The summed E-state index contributed by atoms with van der Waals surface area (Å²) in [5.74, 6) is 0.932. The van der Waals surface area contributed by atoms with Crippen LogP contribution in [0.5, 0.6) is 0 Å². The van der Waals surface area contributed by atoms with E-state index in [2.05, 4.69) is 55.2 Å². The van der Waals surface area contributed by atoms with Gasteiger partial charge in [0.2, 0.25) is 0 Å². The van der Waals surface area contributed by atoms with Crippen LogP contribution in [0.15, 0.2) is 30.0 Å². The molecule has 0 spiro atoms. The molecule has 1 saturated carbocycles. The molecule has 116 valence electrons. The van der Waals surface area contributed by atoms with E-state index < -0.39 is 0 Å². The molecule has 0 bridgehead atoms. The summed E-state index contributed by atoms with van der Waals surface area (Å²) in [7, 11) is 2.17. The maximum atomic E-state index is 6.30. The van der Waals surface area contributed by atoms with Gasteiger partial charge in [0.15, 0.2) is 0 Å². The Morgan fingerprint density at radius 1 is 1.38 bits per heavy atom. The third kappa shape index (κ3) is 4.02. The minimum Gasteiger partial charge on any atom is -0.279 e. The van der Waals surface area contributed by atoms with Crippen LogP contribution < -0.4 is 5.01 Å². The van der Waals surface area contributed by atoms with Crippen LogP contribution in [0.3, 0.4) is 0 Å². The van der Waals surface area contributed by atoms with Crippen LogP contribution in [0.1, 0.15) is 45.1 Å². The van der Waals surface area contributed by atoms with Crippen molar-refractivity contribution in [2.24, 2.45) is 5.92 Å². The summed E-state index contributed by atoms with van der Waals surface area (Å²) in [4.78, 5) is 0. The zero-order valence-corrected chi connectivity index (χ0v) is 14.5. The van der Waals surface area contributed by atoms with E-state index in [1.54, 1.807) is 0 Å². The number of halogens is 1. The summed E-state index contributed by atoms with van der Waals surface area (Å²) < 4.78 is 0. The van der Waals surface area contributed by atoms with E-state index in [0.29, 0.717) is 0 Å². The maximum absolute atomic E-state index is 6.30. The normalized spacial score (nSPS) is 16.2. The van der Waals surface area contributed by atoms with E-state index in [1.165, 1.54) is 31.4 Å². The molecule has 21 heavy (non-hydrogen) atoms. The van der Waals surface area contributed by atoms with Crippen molar-refractivity contribution in [2.75, 3.05) is 18.6 Å². The van der Waals surface area contributed by atoms with Crippen molar-refractivity contribution >= 4 is 17.3 Å². The van der Waals surface area contributed by atoms with Gasteiger partial charge < -0.3 is 0 Å². The van der Waals surface area contributed by atoms with Crippen molar-refractivity contribution in [2.45, 2.75) is 46.5 Å². The number of aryl methyl sites for hydroxylation is 1. The monoisotopic (exact) mass is 306 g/mol. The van der Waals surface area contributed by atoms with Gasteiger partial charge in [0.05, 0.1) is 5.69 Å². The molecule has 1 aliphatic carbocycles. The lowest BCUT2D eigenvalue weighted by Crippen LogP contribution is -2.40. The Morgan fingerprint density at radius 3 is 2.62 bits per heavy atom. The Morgan fingerprint density at radius 2 is 2.10 bits per heavy atom. The van der Waals surface area contributed by atoms with Crippen molar-refractivity contribution < 1.29 is 0 Å². The molecule has 0 N–H and O–H groups in total. The van der Waals surface area contributed by atoms with Crippen LogP contribution in [0.4, 0.5) is 5.69 Å². The van der Waals surface area contributed by atoms with Gasteiger partial charge in [0.1, 0.15) is 0 Å². The van der Waals surface area contributed by atoms with Crippen molar-refractivity contribution in [3.8, 4) is 0 Å². The Bertz CT molecular complexity index is 506. The maximum Gasteiger partial charge on any atom is 0.0591 e. The molecular formula is C18H27ClN2. The second-order valence-corrected chi connectivity index (χ2v) is 6.55. The van der Waals surface area contributed by atoms with Crippen LogP contribution in [0.2, 0.25) is 5.02 Å². The van der Waals surface area contributed by atoms with E-state index in [-0.39, 0.29) is 0 Å². The molecule has 1 fully saturated rings. The highest BCUT2D eigenvalue weighted by atomic mass is 35.5. The van der Waals surface area contributed by atoms with E-state index in [9.17, 15) is 0 Å². The fourth-order valence-electron chi connectivity index (χ4n) is 2.76. The highest BCUT2D eigenvalue weighted by molar-refractivity contribution is 6.31. The summed E-state index contributed by atoms with van der Waals surface area (Å²) in [5, 5.41) is 5.41. The van der Waals surface area contributed by atoms with Gasteiger partial charge >= 0.3 is 0 Å². The summed E-state index contributed by atoms with van der Waals surface area (Å²) in [6.45, 7) is 7.35. The molecule has 1 aromatic carbocycles. The summed E-state index contributed by atoms with van der Waals surface area (Å²) >= 11 is 6.30. The van der Waals surface area contributed by atoms with Crippen LogP contribution >= 0.6 is 11.6 Å². The minimum absolute atomic E-state index is 0.828. The number of allylic oxidation sites excluding steroid dienone is 2. The molecular weight excluding hydrogens is 280 g/mol. The molecule has 0 saturated heterocycles. The van der Waals surface area contributed by atoms with Gasteiger partial charge in [-0.05, 0) is 50.8 Å². The first-order valence-corrected chi connectivity index (χ1v) is 8.31. The van der Waals surface area contributed by atoms with E-state index in [4.69, 9.17) is 11.6 Å². The SMILES string of the molecule is C/C=C(/C)N(c1ccc(C)c(Cl)c1)N(C)CCC1CCC1. The van der Waals surface area contributed by atoms with Crippen molar-refractivity contribution in [1.82, 2.24) is 5.01 Å². The van der Waals surface area contributed by atoms with E-state index in [0.717, 1.165) is 28.7 Å². The summed E-state index contributed by atoms with van der Waals surface area (Å²) in [5.41, 5.74) is 3.49. The molecule has 2 nitrogen and oxygen atoms in total. The topological polar surface area (TPSA) is 6.48 Å². The Hall–Kier alpha value is -0.990. The number of rotatable bonds is 6. The van der Waals surface area contributed by atoms with Crippen LogP contribution in [-0.4, -0.2) is 18.6 Å². The van der Waals surface area contributed by atoms with Crippen molar-refractivity contribution in [1.29, 1.82) is 0 Å². The number of hydrazine groups is 1. The molecule has 0 amide bonds. The number of hydrogen-bond donors (Lipinski definition) is 0. The van der Waals surface area contributed by atoms with Gasteiger partial charge in [-0.1, -0.05) is 43.0 Å². The van der Waals surface area contributed by atoms with Gasteiger partial charge in [-0.2, -0.15) is 0 Å². The van der Waals surface area contributed by atoms with Crippen molar-refractivity contribution in [3.63, 3.8) is 0 Å². The first-order chi connectivity index (χ1) is 10.0. The predicted molar refractivity (Wildman–Crippen MR) is 92.7 cm³/mol. The molecule has 0 aliphatic heterocycles. The number of nitrogens with zero attached hydrogens (tertiary/aromatic N) is 2. The molecule has 2 rings (SSSR count). The largest absolute Gasteiger partial charge is 0.279 e. The zero-order valence-electron chi connectivity index (χ0n) is 13.7. The number of hydrogen-bond acceptors (Lipinski definition) is 2. The molecule has 1 aromatic rings. The van der Waals surface area contributed by atoms with Gasteiger partial charge in [-0.25, -0.2) is 5.01 Å². The van der Waals surface area contributed by atoms with Gasteiger partial charge in [0.25, 0.3) is 0 Å². The van der Waals surface area contributed by atoms with Crippen LogP contribution in [0, 0.1) is 12.8 Å².